The molecule has 0 rings (SSSR count). The molecule has 82 heavy (non-hydrogen) atoms. The number of allylic oxidation sites excluding steroid dienone is 3. The van der Waals surface area contributed by atoms with Crippen LogP contribution in [0, 0.1) is 0 Å². The topological polar surface area (TPSA) is 95.9 Å². The van der Waals surface area contributed by atoms with Crippen molar-refractivity contribution in [1.29, 1.82) is 0 Å². The average molecular weight is 1160 g/mol. The van der Waals surface area contributed by atoms with E-state index >= 15 is 0 Å². The molecule has 0 radical (unpaired) electrons. The second-order valence-corrected chi connectivity index (χ2v) is 26.0. The number of carbonyl (C=O) groups is 2. The van der Waals surface area contributed by atoms with Crippen molar-refractivity contribution in [2.75, 3.05) is 13.2 Å². The quantitative estimate of drug-likeness (QED) is 0.0320. The van der Waals surface area contributed by atoms with Gasteiger partial charge in [0.25, 0.3) is 0 Å². The summed E-state index contributed by atoms with van der Waals surface area (Å²) in [6.07, 6.45) is 91.4. The molecule has 0 spiro atoms. The van der Waals surface area contributed by atoms with Crippen LogP contribution in [0.4, 0.5) is 0 Å². The number of aliphatic hydroxyl groups excluding tert-OH is 2. The van der Waals surface area contributed by atoms with Crippen LogP contribution < -0.4 is 5.32 Å². The van der Waals surface area contributed by atoms with Gasteiger partial charge in [-0.2, -0.15) is 0 Å². The van der Waals surface area contributed by atoms with Gasteiger partial charge in [-0.3, -0.25) is 9.59 Å². The molecule has 0 bridgehead atoms. The zero-order valence-corrected chi connectivity index (χ0v) is 55.8. The van der Waals surface area contributed by atoms with Crippen LogP contribution in [0.25, 0.3) is 0 Å². The van der Waals surface area contributed by atoms with Crippen molar-refractivity contribution in [3.63, 3.8) is 0 Å². The van der Waals surface area contributed by atoms with Crippen molar-refractivity contribution < 1.29 is 24.5 Å². The summed E-state index contributed by atoms with van der Waals surface area (Å²) < 4.78 is 5.49. The summed E-state index contributed by atoms with van der Waals surface area (Å²) in [6.45, 7) is 4.93. The van der Waals surface area contributed by atoms with Crippen LogP contribution in [-0.2, 0) is 14.3 Å². The number of hydrogen-bond donors (Lipinski definition) is 3. The number of amides is 1. The van der Waals surface area contributed by atoms with Gasteiger partial charge in [-0.25, -0.2) is 0 Å². The summed E-state index contributed by atoms with van der Waals surface area (Å²) >= 11 is 0. The lowest BCUT2D eigenvalue weighted by Gasteiger charge is -2.20. The van der Waals surface area contributed by atoms with Gasteiger partial charge in [-0.1, -0.05) is 378 Å². The minimum atomic E-state index is -0.842. The van der Waals surface area contributed by atoms with Crippen LogP contribution in [0.3, 0.4) is 0 Å². The molecule has 2 atom stereocenters. The molecular weight excluding hydrogens is 1010 g/mol. The standard InChI is InChI=1S/C76H147NO5/c1-3-5-7-9-11-13-15-17-18-19-20-32-35-38-41-45-48-52-56-60-64-68-74(79)73(72-78)77-75(80)69-65-61-57-53-49-46-42-39-36-33-30-28-26-24-22-21-23-25-27-29-31-34-37-40-43-47-51-55-59-63-67-71-82-76(81)70-66-62-58-54-50-44-16-14-12-10-8-6-4-2/h14,16,64,68,73-74,78-79H,3-13,15,17-63,65-67,69-72H2,1-2H3,(H,77,80)/b16-14-,68-64+. The summed E-state index contributed by atoms with van der Waals surface area (Å²) in [7, 11) is 0. The van der Waals surface area contributed by atoms with E-state index in [0.717, 1.165) is 44.9 Å². The molecule has 0 aromatic carbocycles. The highest BCUT2D eigenvalue weighted by molar-refractivity contribution is 5.76. The molecule has 486 valence electrons. The highest BCUT2D eigenvalue weighted by atomic mass is 16.5. The highest BCUT2D eigenvalue weighted by Gasteiger charge is 2.18. The maximum absolute atomic E-state index is 12.5. The SMILES string of the molecule is CCCCCC/C=C\CCCCCCCC(=O)OCCCCCCCCCCCCCCCCCCCCCCCCCCCCCCCCCC(=O)NC(CO)C(O)/C=C/CCCCCCCCCCCCCCCCCCCCC. The molecule has 0 aliphatic heterocycles. The van der Waals surface area contributed by atoms with Crippen LogP contribution in [0.2, 0.25) is 0 Å². The maximum Gasteiger partial charge on any atom is 0.305 e. The van der Waals surface area contributed by atoms with E-state index in [1.807, 2.05) is 6.08 Å². The van der Waals surface area contributed by atoms with Gasteiger partial charge in [0.2, 0.25) is 5.91 Å². The first-order valence-electron chi connectivity index (χ1n) is 37.6. The minimum absolute atomic E-state index is 0.0118. The van der Waals surface area contributed by atoms with E-state index in [0.29, 0.717) is 19.4 Å². The average Bonchev–Trinajstić information content (AvgIpc) is 3.48. The van der Waals surface area contributed by atoms with E-state index in [2.05, 4.69) is 31.3 Å². The summed E-state index contributed by atoms with van der Waals surface area (Å²) in [5, 5.41) is 23.3. The van der Waals surface area contributed by atoms with Crippen LogP contribution in [-0.4, -0.2) is 47.4 Å². The van der Waals surface area contributed by atoms with Gasteiger partial charge in [-0.05, 0) is 57.8 Å². The lowest BCUT2D eigenvalue weighted by molar-refractivity contribution is -0.143. The molecule has 1 amide bonds. The predicted octanol–water partition coefficient (Wildman–Crippen LogP) is 24.5. The Bertz CT molecular complexity index is 1280. The maximum atomic E-state index is 12.5. The van der Waals surface area contributed by atoms with Gasteiger partial charge in [0.05, 0.1) is 25.4 Å². The summed E-state index contributed by atoms with van der Waals surface area (Å²) in [4.78, 5) is 24.6. The molecule has 0 saturated heterocycles. The molecule has 6 nitrogen and oxygen atoms in total. The molecule has 0 aliphatic rings. The van der Waals surface area contributed by atoms with E-state index in [1.54, 1.807) is 6.08 Å². The second kappa shape index (κ2) is 71.8. The van der Waals surface area contributed by atoms with Crippen LogP contribution >= 0.6 is 0 Å². The largest absolute Gasteiger partial charge is 0.466 e. The third-order valence-electron chi connectivity index (χ3n) is 17.7. The van der Waals surface area contributed by atoms with Gasteiger partial charge < -0.3 is 20.3 Å². The predicted molar refractivity (Wildman–Crippen MR) is 361 cm³/mol. The van der Waals surface area contributed by atoms with E-state index in [9.17, 15) is 19.8 Å². The van der Waals surface area contributed by atoms with Crippen molar-refractivity contribution in [2.24, 2.45) is 0 Å². The van der Waals surface area contributed by atoms with Crippen molar-refractivity contribution in [1.82, 2.24) is 5.32 Å². The molecule has 0 aliphatic carbocycles. The Hall–Kier alpha value is -1.66. The lowest BCUT2D eigenvalue weighted by atomic mass is 10.0. The van der Waals surface area contributed by atoms with Crippen LogP contribution in [0.5, 0.6) is 0 Å². The zero-order valence-electron chi connectivity index (χ0n) is 55.8. The third kappa shape index (κ3) is 67.5. The second-order valence-electron chi connectivity index (χ2n) is 26.0. The summed E-state index contributed by atoms with van der Waals surface area (Å²) in [6, 6.07) is -0.625. The number of nitrogens with one attached hydrogen (secondary N) is 1. The number of esters is 1. The fraction of sp³-hybridized carbons (Fsp3) is 0.921. The molecule has 6 heteroatoms. The minimum Gasteiger partial charge on any atom is -0.466 e. The monoisotopic (exact) mass is 1150 g/mol. The molecule has 2 unspecified atom stereocenters. The van der Waals surface area contributed by atoms with Gasteiger partial charge in [-0.15, -0.1) is 0 Å². The van der Waals surface area contributed by atoms with Crippen LogP contribution in [0.15, 0.2) is 24.3 Å². The molecule has 0 fully saturated rings. The Balaban J connectivity index is 3.35. The third-order valence-corrected chi connectivity index (χ3v) is 17.7. The Kier molecular flexibility index (Phi) is 70.4. The molecular formula is C76H147NO5. The molecule has 0 heterocycles. The van der Waals surface area contributed by atoms with Crippen LogP contribution in [0.1, 0.15) is 425 Å². The zero-order chi connectivity index (χ0) is 59.2. The summed E-state index contributed by atoms with van der Waals surface area (Å²) in [5.74, 6) is -0.0474. The number of unbranched alkanes of at least 4 members (excludes halogenated alkanes) is 58. The number of aliphatic hydroxyl groups is 2. The van der Waals surface area contributed by atoms with Crippen molar-refractivity contribution >= 4 is 11.9 Å². The van der Waals surface area contributed by atoms with Crippen molar-refractivity contribution in [3.8, 4) is 0 Å². The van der Waals surface area contributed by atoms with Gasteiger partial charge >= 0.3 is 5.97 Å². The normalized spacial score (nSPS) is 12.6. The molecule has 0 aromatic heterocycles. The first kappa shape index (κ1) is 80.3. The van der Waals surface area contributed by atoms with Crippen molar-refractivity contribution in [2.45, 2.75) is 437 Å². The highest BCUT2D eigenvalue weighted by Crippen LogP contribution is 2.19. The first-order valence-corrected chi connectivity index (χ1v) is 37.6. The Morgan fingerprint density at radius 3 is 0.878 bits per heavy atom. The molecule has 0 aromatic rings. The van der Waals surface area contributed by atoms with Crippen molar-refractivity contribution in [3.05, 3.63) is 24.3 Å². The van der Waals surface area contributed by atoms with Gasteiger partial charge in [0.15, 0.2) is 0 Å². The fourth-order valence-corrected chi connectivity index (χ4v) is 12.0. The Labute approximate surface area is 513 Å². The van der Waals surface area contributed by atoms with E-state index < -0.39 is 12.1 Å². The number of rotatable bonds is 71. The summed E-state index contributed by atoms with van der Waals surface area (Å²) in [5.41, 5.74) is 0. The lowest BCUT2D eigenvalue weighted by Crippen LogP contribution is -2.45. The molecule has 0 saturated carbocycles. The molecule has 3 N–H and O–H groups in total. The fourth-order valence-electron chi connectivity index (χ4n) is 12.0. The van der Waals surface area contributed by atoms with E-state index in [4.69, 9.17) is 4.74 Å². The number of carbonyl (C=O) groups excluding carboxylic acids is 2. The first-order chi connectivity index (χ1) is 40.5. The van der Waals surface area contributed by atoms with E-state index in [-0.39, 0.29) is 18.5 Å². The Morgan fingerprint density at radius 1 is 0.329 bits per heavy atom. The van der Waals surface area contributed by atoms with Gasteiger partial charge in [0, 0.05) is 12.8 Å². The van der Waals surface area contributed by atoms with E-state index in [1.165, 1.54) is 353 Å². The Morgan fingerprint density at radius 2 is 0.573 bits per heavy atom. The number of ether oxygens (including phenoxy) is 1. The smallest absolute Gasteiger partial charge is 0.305 e. The number of hydrogen-bond acceptors (Lipinski definition) is 5. The van der Waals surface area contributed by atoms with Gasteiger partial charge in [0.1, 0.15) is 0 Å².